The smallest absolute Gasteiger partial charge is 0.249 e. The topological polar surface area (TPSA) is 148 Å². The van der Waals surface area contributed by atoms with Gasteiger partial charge in [0.2, 0.25) is 11.8 Å². The lowest BCUT2D eigenvalue weighted by Gasteiger charge is -2.33. The first kappa shape index (κ1) is 25.7. The molecule has 2 amide bonds. The molecule has 0 rings (SSSR count). The van der Waals surface area contributed by atoms with E-state index >= 15 is 0 Å². The van der Waals surface area contributed by atoms with E-state index in [4.69, 9.17) is 14.9 Å². The van der Waals surface area contributed by atoms with Gasteiger partial charge in [0.25, 0.3) is 0 Å². The van der Waals surface area contributed by atoms with Crippen molar-refractivity contribution >= 4 is 11.8 Å². The van der Waals surface area contributed by atoms with Crippen molar-refractivity contribution in [3.05, 3.63) is 0 Å². The van der Waals surface area contributed by atoms with Crippen molar-refractivity contribution in [3.63, 3.8) is 0 Å². The fourth-order valence-electron chi connectivity index (χ4n) is 2.22. The number of hydrogen-bond donors (Lipinski definition) is 6. The molecule has 9 heteroatoms. The molecule has 0 bridgehead atoms. The van der Waals surface area contributed by atoms with Crippen LogP contribution in [0.3, 0.4) is 0 Å². The first-order valence-electron chi connectivity index (χ1n) is 9.20. The third-order valence-electron chi connectivity index (χ3n) is 4.19. The normalized spacial score (nSPS) is 14.5. The van der Waals surface area contributed by atoms with Gasteiger partial charge in [-0.25, -0.2) is 0 Å². The number of aliphatic hydroxyl groups is 4. The molecule has 160 valence electrons. The molecule has 0 aromatic carbocycles. The van der Waals surface area contributed by atoms with Crippen LogP contribution in [0.4, 0.5) is 0 Å². The monoisotopic (exact) mass is 392 g/mol. The van der Waals surface area contributed by atoms with Gasteiger partial charge in [-0.3, -0.25) is 9.59 Å². The molecular weight excluding hydrogens is 356 g/mol. The molecule has 6 N–H and O–H groups in total. The Hall–Kier alpha value is -1.26. The minimum atomic E-state index is -1.30. The Morgan fingerprint density at radius 2 is 1.15 bits per heavy atom. The highest BCUT2D eigenvalue weighted by atomic mass is 16.5. The largest absolute Gasteiger partial charge is 0.396 e. The molecule has 2 unspecified atom stereocenters. The Bertz CT molecular complexity index is 415. The van der Waals surface area contributed by atoms with Gasteiger partial charge in [0, 0.05) is 37.1 Å². The summed E-state index contributed by atoms with van der Waals surface area (Å²) in [5.74, 6) is -1.08. The summed E-state index contributed by atoms with van der Waals surface area (Å²) in [4.78, 5) is 23.9. The minimum absolute atomic E-state index is 0.0455. The summed E-state index contributed by atoms with van der Waals surface area (Å²) in [6.07, 6.45) is -1.79. The number of hydrogen-bond acceptors (Lipinski definition) is 7. The van der Waals surface area contributed by atoms with Crippen LogP contribution in [-0.4, -0.2) is 84.0 Å². The maximum atomic E-state index is 11.9. The van der Waals surface area contributed by atoms with Gasteiger partial charge in [0.05, 0.1) is 13.2 Å². The predicted octanol–water partition coefficient (Wildman–Crippen LogP) is -1.23. The van der Waals surface area contributed by atoms with E-state index in [-0.39, 0.29) is 39.5 Å². The number of nitrogens with one attached hydrogen (secondary N) is 2. The summed E-state index contributed by atoms with van der Waals surface area (Å²) in [6, 6.07) is 0. The van der Waals surface area contributed by atoms with Gasteiger partial charge in [0.15, 0.2) is 0 Å². The van der Waals surface area contributed by atoms with Gasteiger partial charge >= 0.3 is 0 Å². The zero-order valence-corrected chi connectivity index (χ0v) is 16.8. The van der Waals surface area contributed by atoms with Crippen LogP contribution in [0.5, 0.6) is 0 Å². The number of carbonyl (C=O) groups excluding carboxylic acids is 2. The van der Waals surface area contributed by atoms with Crippen LogP contribution in [-0.2, 0) is 14.3 Å². The molecule has 0 aliphatic rings. The highest BCUT2D eigenvalue weighted by Gasteiger charge is 2.37. The Balaban J connectivity index is 4.50. The summed E-state index contributed by atoms with van der Waals surface area (Å²) >= 11 is 0. The molecule has 0 heterocycles. The van der Waals surface area contributed by atoms with Crippen molar-refractivity contribution in [2.75, 3.05) is 39.5 Å². The molecule has 0 saturated heterocycles. The van der Waals surface area contributed by atoms with E-state index in [9.17, 15) is 19.8 Å². The van der Waals surface area contributed by atoms with Crippen LogP contribution in [0, 0.1) is 10.8 Å². The number of rotatable bonds is 14. The molecule has 9 nitrogen and oxygen atoms in total. The zero-order valence-electron chi connectivity index (χ0n) is 16.8. The Morgan fingerprint density at radius 1 is 0.815 bits per heavy atom. The van der Waals surface area contributed by atoms with Crippen molar-refractivity contribution in [3.8, 4) is 0 Å². The number of aliphatic hydroxyl groups excluding tert-OH is 4. The Kier molecular flexibility index (Phi) is 11.7. The third-order valence-corrected chi connectivity index (χ3v) is 4.19. The average Bonchev–Trinajstić information content (AvgIpc) is 2.60. The van der Waals surface area contributed by atoms with Gasteiger partial charge < -0.3 is 35.8 Å². The molecule has 27 heavy (non-hydrogen) atoms. The Morgan fingerprint density at radius 3 is 1.44 bits per heavy atom. The van der Waals surface area contributed by atoms with Gasteiger partial charge in [-0.15, -0.1) is 0 Å². The van der Waals surface area contributed by atoms with Crippen LogP contribution in [0.1, 0.15) is 40.5 Å². The van der Waals surface area contributed by atoms with Crippen LogP contribution < -0.4 is 10.6 Å². The SMILES string of the molecule is CC(C)(COCC(C)(C)C(O)C(=O)NCCCO)C(O)C(=O)NCCCO. The minimum Gasteiger partial charge on any atom is -0.396 e. The first-order valence-corrected chi connectivity index (χ1v) is 9.20. The van der Waals surface area contributed by atoms with Crippen molar-refractivity contribution < 1.29 is 34.8 Å². The first-order chi connectivity index (χ1) is 12.5. The lowest BCUT2D eigenvalue weighted by atomic mass is 9.85. The maximum Gasteiger partial charge on any atom is 0.249 e. The molecule has 0 aliphatic heterocycles. The second kappa shape index (κ2) is 12.2. The molecule has 0 aromatic rings. The van der Waals surface area contributed by atoms with Crippen molar-refractivity contribution in [1.82, 2.24) is 10.6 Å². The summed E-state index contributed by atoms with van der Waals surface area (Å²) in [5, 5.41) is 42.9. The molecule has 0 aromatic heterocycles. The molecule has 2 atom stereocenters. The van der Waals surface area contributed by atoms with E-state index in [1.807, 2.05) is 0 Å². The fourth-order valence-corrected chi connectivity index (χ4v) is 2.22. The maximum absolute atomic E-state index is 11.9. The van der Waals surface area contributed by atoms with E-state index in [1.54, 1.807) is 27.7 Å². The van der Waals surface area contributed by atoms with Gasteiger partial charge in [-0.2, -0.15) is 0 Å². The van der Waals surface area contributed by atoms with Crippen LogP contribution >= 0.6 is 0 Å². The lowest BCUT2D eigenvalue weighted by Crippen LogP contribution is -2.48. The summed E-state index contributed by atoms with van der Waals surface area (Å²) in [6.45, 7) is 7.24. The van der Waals surface area contributed by atoms with E-state index in [0.29, 0.717) is 12.8 Å². The standard InChI is InChI=1S/C18H36N2O7/c1-17(2,13(23)15(25)19-7-5-9-21)11-27-12-18(3,4)14(24)16(26)20-8-6-10-22/h13-14,21-24H,5-12H2,1-4H3,(H,19,25)(H,20,26). The highest BCUT2D eigenvalue weighted by Crippen LogP contribution is 2.25. The summed E-state index contributed by atoms with van der Waals surface area (Å²) in [7, 11) is 0. The Labute approximate surface area is 161 Å². The predicted molar refractivity (Wildman–Crippen MR) is 99.8 cm³/mol. The van der Waals surface area contributed by atoms with E-state index in [1.165, 1.54) is 0 Å². The van der Waals surface area contributed by atoms with Crippen molar-refractivity contribution in [2.24, 2.45) is 10.8 Å². The molecule has 0 spiro atoms. The molecule has 0 fully saturated rings. The van der Waals surface area contributed by atoms with E-state index in [2.05, 4.69) is 10.6 Å². The number of ether oxygens (including phenoxy) is 1. The molecular formula is C18H36N2O7. The number of amides is 2. The quantitative estimate of drug-likeness (QED) is 0.203. The second-order valence-corrected chi connectivity index (χ2v) is 8.01. The molecule has 0 aliphatic carbocycles. The lowest BCUT2D eigenvalue weighted by molar-refractivity contribution is -0.143. The highest BCUT2D eigenvalue weighted by molar-refractivity contribution is 5.81. The molecule has 0 radical (unpaired) electrons. The zero-order chi connectivity index (χ0) is 21.1. The second-order valence-electron chi connectivity index (χ2n) is 8.01. The van der Waals surface area contributed by atoms with Crippen LogP contribution in [0.15, 0.2) is 0 Å². The van der Waals surface area contributed by atoms with Crippen LogP contribution in [0.25, 0.3) is 0 Å². The van der Waals surface area contributed by atoms with Gasteiger partial charge in [-0.05, 0) is 12.8 Å². The average molecular weight is 392 g/mol. The van der Waals surface area contributed by atoms with Gasteiger partial charge in [0.1, 0.15) is 12.2 Å². The summed E-state index contributed by atoms with van der Waals surface area (Å²) in [5.41, 5.74) is -1.76. The van der Waals surface area contributed by atoms with Gasteiger partial charge in [-0.1, -0.05) is 27.7 Å². The molecule has 0 saturated carbocycles. The van der Waals surface area contributed by atoms with E-state index in [0.717, 1.165) is 0 Å². The summed E-state index contributed by atoms with van der Waals surface area (Å²) < 4.78 is 5.60. The van der Waals surface area contributed by atoms with E-state index < -0.39 is 34.9 Å². The third kappa shape index (κ3) is 9.48. The van der Waals surface area contributed by atoms with Crippen molar-refractivity contribution in [2.45, 2.75) is 52.7 Å². The van der Waals surface area contributed by atoms with Crippen LogP contribution in [0.2, 0.25) is 0 Å². The van der Waals surface area contributed by atoms with Crippen molar-refractivity contribution in [1.29, 1.82) is 0 Å². The number of carbonyl (C=O) groups is 2. The fraction of sp³-hybridized carbons (Fsp3) is 0.889.